The van der Waals surface area contributed by atoms with Crippen LogP contribution in [0.25, 0.3) is 0 Å². The van der Waals surface area contributed by atoms with Crippen LogP contribution in [0, 0.1) is 0 Å². The Morgan fingerprint density at radius 3 is 2.67 bits per heavy atom. The normalized spacial score (nSPS) is 24.4. The molecule has 0 atom stereocenters. The maximum atomic E-state index is 6.00. The molecular formula is C14H25N3O. The second kappa shape index (κ2) is 6.34. The van der Waals surface area contributed by atoms with Gasteiger partial charge in [-0.2, -0.15) is 5.10 Å². The fourth-order valence-corrected chi connectivity index (χ4v) is 2.54. The molecule has 0 bridgehead atoms. The van der Waals surface area contributed by atoms with Gasteiger partial charge >= 0.3 is 0 Å². The summed E-state index contributed by atoms with van der Waals surface area (Å²) in [6, 6.07) is 2.55. The van der Waals surface area contributed by atoms with Gasteiger partial charge in [0.2, 0.25) is 0 Å². The van der Waals surface area contributed by atoms with E-state index in [1.807, 2.05) is 4.68 Å². The van der Waals surface area contributed by atoms with Gasteiger partial charge in [0.05, 0.1) is 24.1 Å². The summed E-state index contributed by atoms with van der Waals surface area (Å²) in [6.07, 6.45) is 5.76. The van der Waals surface area contributed by atoms with Gasteiger partial charge in [0, 0.05) is 12.6 Å². The highest BCUT2D eigenvalue weighted by molar-refractivity contribution is 5.09. The van der Waals surface area contributed by atoms with E-state index in [-0.39, 0.29) is 0 Å². The van der Waals surface area contributed by atoms with Gasteiger partial charge in [0.25, 0.3) is 0 Å². The third-order valence-electron chi connectivity index (χ3n) is 3.76. The molecule has 1 aliphatic rings. The number of aryl methyl sites for hydroxylation is 2. The van der Waals surface area contributed by atoms with Crippen molar-refractivity contribution >= 4 is 0 Å². The van der Waals surface area contributed by atoms with Gasteiger partial charge in [0.15, 0.2) is 0 Å². The Morgan fingerprint density at radius 2 is 2.06 bits per heavy atom. The minimum atomic E-state index is 0.384. The van der Waals surface area contributed by atoms with Gasteiger partial charge in [-0.25, -0.2) is 0 Å². The number of ether oxygens (including phenoxy) is 1. The fourth-order valence-electron chi connectivity index (χ4n) is 2.54. The van der Waals surface area contributed by atoms with E-state index >= 15 is 0 Å². The molecule has 0 unspecified atom stereocenters. The molecule has 0 saturated heterocycles. The van der Waals surface area contributed by atoms with Gasteiger partial charge in [-0.15, -0.1) is 0 Å². The first-order valence-corrected chi connectivity index (χ1v) is 7.15. The highest BCUT2D eigenvalue weighted by Crippen LogP contribution is 2.21. The maximum absolute atomic E-state index is 6.00. The molecule has 0 aromatic carbocycles. The van der Waals surface area contributed by atoms with E-state index in [9.17, 15) is 0 Å². The molecule has 2 rings (SSSR count). The maximum Gasteiger partial charge on any atom is 0.0888 e. The van der Waals surface area contributed by atoms with Crippen LogP contribution >= 0.6 is 0 Å². The Balaban J connectivity index is 1.87. The third-order valence-corrected chi connectivity index (χ3v) is 3.76. The van der Waals surface area contributed by atoms with Crippen LogP contribution in [0.3, 0.4) is 0 Å². The number of rotatable bonds is 5. The quantitative estimate of drug-likeness (QED) is 0.873. The lowest BCUT2D eigenvalue weighted by Gasteiger charge is -2.26. The van der Waals surface area contributed by atoms with Crippen LogP contribution in [0.1, 0.15) is 50.9 Å². The van der Waals surface area contributed by atoms with Gasteiger partial charge in [-0.1, -0.05) is 6.92 Å². The van der Waals surface area contributed by atoms with Crippen LogP contribution in [0.15, 0.2) is 6.07 Å². The first kappa shape index (κ1) is 13.6. The van der Waals surface area contributed by atoms with E-state index in [2.05, 4.69) is 25.0 Å². The summed E-state index contributed by atoms with van der Waals surface area (Å²) in [6.45, 7) is 5.85. The highest BCUT2D eigenvalue weighted by Gasteiger charge is 2.19. The summed E-state index contributed by atoms with van der Waals surface area (Å²) in [5.41, 5.74) is 8.25. The summed E-state index contributed by atoms with van der Waals surface area (Å²) in [5, 5.41) is 4.54. The third kappa shape index (κ3) is 3.33. The number of hydrogen-bond acceptors (Lipinski definition) is 3. The first-order valence-electron chi connectivity index (χ1n) is 7.15. The van der Waals surface area contributed by atoms with Crippen LogP contribution in [0.5, 0.6) is 0 Å². The van der Waals surface area contributed by atoms with E-state index in [0.717, 1.165) is 44.3 Å². The fraction of sp³-hybridized carbons (Fsp3) is 0.786. The van der Waals surface area contributed by atoms with Gasteiger partial charge in [-0.05, 0) is 45.1 Å². The number of nitrogens with two attached hydrogens (primary N) is 1. The minimum absolute atomic E-state index is 0.384. The molecule has 4 heteroatoms. The van der Waals surface area contributed by atoms with E-state index in [4.69, 9.17) is 10.5 Å². The van der Waals surface area contributed by atoms with Crippen molar-refractivity contribution in [2.45, 2.75) is 71.2 Å². The van der Waals surface area contributed by atoms with Crippen LogP contribution in [-0.4, -0.2) is 21.9 Å². The Kier molecular flexibility index (Phi) is 4.78. The summed E-state index contributed by atoms with van der Waals surface area (Å²) >= 11 is 0. The molecule has 1 saturated carbocycles. The van der Waals surface area contributed by atoms with Crippen molar-refractivity contribution in [2.24, 2.45) is 5.73 Å². The standard InChI is InChI=1S/C14H25N3O/c1-3-12-9-13(17(4-2)16-12)10-18-14-7-5-11(15)6-8-14/h9,11,14H,3-8,10,15H2,1-2H3. The average molecular weight is 251 g/mol. The van der Waals surface area contributed by atoms with Crippen LogP contribution in [0.2, 0.25) is 0 Å². The van der Waals surface area contributed by atoms with Crippen molar-refractivity contribution in [1.29, 1.82) is 0 Å². The molecule has 2 N–H and O–H groups in total. The zero-order valence-electron chi connectivity index (χ0n) is 11.6. The molecule has 0 aliphatic heterocycles. The molecule has 1 aliphatic carbocycles. The minimum Gasteiger partial charge on any atom is -0.372 e. The summed E-state index contributed by atoms with van der Waals surface area (Å²) in [7, 11) is 0. The number of nitrogens with zero attached hydrogens (tertiary/aromatic N) is 2. The lowest BCUT2D eigenvalue weighted by molar-refractivity contribution is 0.0106. The van der Waals surface area contributed by atoms with Crippen molar-refractivity contribution in [2.75, 3.05) is 0 Å². The van der Waals surface area contributed by atoms with Gasteiger partial charge < -0.3 is 10.5 Å². The Morgan fingerprint density at radius 1 is 1.33 bits per heavy atom. The first-order chi connectivity index (χ1) is 8.72. The van der Waals surface area contributed by atoms with E-state index in [1.165, 1.54) is 5.69 Å². The Hall–Kier alpha value is -0.870. The second-order valence-electron chi connectivity index (χ2n) is 5.14. The molecule has 102 valence electrons. The van der Waals surface area contributed by atoms with E-state index in [0.29, 0.717) is 18.8 Å². The van der Waals surface area contributed by atoms with Crippen LogP contribution in [-0.2, 0) is 24.3 Å². The Labute approximate surface area is 110 Å². The van der Waals surface area contributed by atoms with Crippen molar-refractivity contribution < 1.29 is 4.74 Å². The van der Waals surface area contributed by atoms with Crippen molar-refractivity contribution in [1.82, 2.24) is 9.78 Å². The van der Waals surface area contributed by atoms with E-state index in [1.54, 1.807) is 0 Å². The predicted molar refractivity (Wildman–Crippen MR) is 72.3 cm³/mol. The van der Waals surface area contributed by atoms with Crippen molar-refractivity contribution in [3.8, 4) is 0 Å². The Bertz CT molecular complexity index is 367. The smallest absolute Gasteiger partial charge is 0.0888 e. The van der Waals surface area contributed by atoms with Crippen molar-refractivity contribution in [3.63, 3.8) is 0 Å². The SMILES string of the molecule is CCc1cc(COC2CCC(N)CC2)n(CC)n1. The van der Waals surface area contributed by atoms with E-state index < -0.39 is 0 Å². The molecule has 1 fully saturated rings. The summed E-state index contributed by atoms with van der Waals surface area (Å²) < 4.78 is 8.05. The number of aromatic nitrogens is 2. The zero-order chi connectivity index (χ0) is 13.0. The average Bonchev–Trinajstić information content (AvgIpc) is 2.80. The largest absolute Gasteiger partial charge is 0.372 e. The molecule has 1 aromatic heterocycles. The highest BCUT2D eigenvalue weighted by atomic mass is 16.5. The second-order valence-corrected chi connectivity index (χ2v) is 5.14. The number of hydrogen-bond donors (Lipinski definition) is 1. The molecule has 1 aromatic rings. The van der Waals surface area contributed by atoms with Crippen molar-refractivity contribution in [3.05, 3.63) is 17.5 Å². The monoisotopic (exact) mass is 251 g/mol. The molecule has 18 heavy (non-hydrogen) atoms. The van der Waals surface area contributed by atoms with Crippen LogP contribution in [0.4, 0.5) is 0 Å². The predicted octanol–water partition coefficient (Wildman–Crippen LogP) is 2.25. The molecule has 0 radical (unpaired) electrons. The molecule has 0 amide bonds. The zero-order valence-corrected chi connectivity index (χ0v) is 11.6. The molecule has 0 spiro atoms. The lowest BCUT2D eigenvalue weighted by atomic mass is 9.94. The topological polar surface area (TPSA) is 53.1 Å². The summed E-state index contributed by atoms with van der Waals surface area (Å²) in [4.78, 5) is 0. The molecule has 1 heterocycles. The lowest BCUT2D eigenvalue weighted by Crippen LogP contribution is -2.30. The van der Waals surface area contributed by atoms with Gasteiger partial charge in [-0.3, -0.25) is 4.68 Å². The molecular weight excluding hydrogens is 226 g/mol. The van der Waals surface area contributed by atoms with Gasteiger partial charge in [0.1, 0.15) is 0 Å². The summed E-state index contributed by atoms with van der Waals surface area (Å²) in [5.74, 6) is 0. The van der Waals surface area contributed by atoms with Crippen LogP contribution < -0.4 is 5.73 Å². The molecule has 4 nitrogen and oxygen atoms in total.